The number of aromatic nitrogens is 2. The van der Waals surface area contributed by atoms with Gasteiger partial charge in [-0.2, -0.15) is 4.98 Å². The Morgan fingerprint density at radius 1 is 1.17 bits per heavy atom. The highest BCUT2D eigenvalue weighted by molar-refractivity contribution is 7.90. The van der Waals surface area contributed by atoms with Gasteiger partial charge in [-0.1, -0.05) is 37.5 Å². The number of halogens is 1. The van der Waals surface area contributed by atoms with Gasteiger partial charge in [0.1, 0.15) is 19.0 Å². The van der Waals surface area contributed by atoms with Crippen molar-refractivity contribution >= 4 is 21.4 Å². The molecule has 0 saturated carbocycles. The zero-order chi connectivity index (χ0) is 17.5. The molecule has 1 aromatic carbocycles. The molecule has 2 aromatic rings. The lowest BCUT2D eigenvalue weighted by Crippen LogP contribution is -2.16. The molecule has 0 amide bonds. The quantitative estimate of drug-likeness (QED) is 0.817. The van der Waals surface area contributed by atoms with Gasteiger partial charge in [-0.25, -0.2) is 8.42 Å². The van der Waals surface area contributed by atoms with Crippen LogP contribution < -0.4 is 9.47 Å². The van der Waals surface area contributed by atoms with Gasteiger partial charge in [0.05, 0.1) is 9.92 Å². The molecule has 0 fully saturated rings. The zero-order valence-electron chi connectivity index (χ0n) is 13.5. The van der Waals surface area contributed by atoms with Gasteiger partial charge in [0.15, 0.2) is 27.2 Å². The molecule has 3 rings (SSSR count). The van der Waals surface area contributed by atoms with Gasteiger partial charge in [-0.05, 0) is 0 Å². The van der Waals surface area contributed by atoms with Crippen LogP contribution >= 0.6 is 11.6 Å². The second-order valence-corrected chi connectivity index (χ2v) is 8.81. The van der Waals surface area contributed by atoms with E-state index >= 15 is 0 Å². The van der Waals surface area contributed by atoms with Crippen LogP contribution in [0.3, 0.4) is 0 Å². The average Bonchev–Trinajstić information content (AvgIpc) is 2.94. The van der Waals surface area contributed by atoms with Crippen molar-refractivity contribution in [2.24, 2.45) is 0 Å². The van der Waals surface area contributed by atoms with E-state index in [4.69, 9.17) is 25.6 Å². The van der Waals surface area contributed by atoms with Gasteiger partial charge < -0.3 is 14.0 Å². The third-order valence-electron chi connectivity index (χ3n) is 3.38. The largest absolute Gasteiger partial charge is 0.486 e. The molecular formula is C15H17ClN2O5S. The highest BCUT2D eigenvalue weighted by Crippen LogP contribution is 2.38. The number of benzene rings is 1. The molecule has 130 valence electrons. The van der Waals surface area contributed by atoms with Crippen LogP contribution in [-0.2, 0) is 21.0 Å². The van der Waals surface area contributed by atoms with Crippen molar-refractivity contribution in [1.29, 1.82) is 0 Å². The van der Waals surface area contributed by atoms with Crippen molar-refractivity contribution in [2.75, 3.05) is 13.2 Å². The summed E-state index contributed by atoms with van der Waals surface area (Å²) in [5.41, 5.74) is -0.333. The lowest BCUT2D eigenvalue weighted by molar-refractivity contribution is 0.171. The SMILES string of the molecule is CC(C)(C)c1noc(CS(=O)(=O)c2cc3c(cc2Cl)OCCO3)n1. The summed E-state index contributed by atoms with van der Waals surface area (Å²) in [4.78, 5) is 4.10. The predicted octanol–water partition coefficient (Wildman–Crippen LogP) is 2.77. The van der Waals surface area contributed by atoms with Crippen molar-refractivity contribution in [2.45, 2.75) is 36.8 Å². The molecule has 7 nitrogen and oxygen atoms in total. The molecule has 1 aromatic heterocycles. The summed E-state index contributed by atoms with van der Waals surface area (Å²) in [7, 11) is -3.77. The lowest BCUT2D eigenvalue weighted by atomic mass is 9.96. The molecule has 9 heteroatoms. The van der Waals surface area contributed by atoms with E-state index in [9.17, 15) is 8.42 Å². The summed E-state index contributed by atoms with van der Waals surface area (Å²) < 4.78 is 41.2. The fourth-order valence-electron chi connectivity index (χ4n) is 2.14. The number of sulfone groups is 1. The number of nitrogens with zero attached hydrogens (tertiary/aromatic N) is 2. The van der Waals surface area contributed by atoms with Crippen LogP contribution in [0.4, 0.5) is 0 Å². The number of hydrogen-bond donors (Lipinski definition) is 0. The van der Waals surface area contributed by atoms with Crippen molar-refractivity contribution in [3.8, 4) is 11.5 Å². The first-order chi connectivity index (χ1) is 11.2. The summed E-state index contributed by atoms with van der Waals surface area (Å²) in [6, 6.07) is 2.81. The summed E-state index contributed by atoms with van der Waals surface area (Å²) >= 11 is 6.11. The minimum absolute atomic E-state index is 0.0193. The van der Waals surface area contributed by atoms with Gasteiger partial charge in [-0.15, -0.1) is 0 Å². The monoisotopic (exact) mass is 372 g/mol. The topological polar surface area (TPSA) is 91.5 Å². The van der Waals surface area contributed by atoms with E-state index in [1.165, 1.54) is 12.1 Å². The van der Waals surface area contributed by atoms with Crippen molar-refractivity contribution < 1.29 is 22.4 Å². The molecule has 0 spiro atoms. The minimum Gasteiger partial charge on any atom is -0.486 e. The number of hydrogen-bond acceptors (Lipinski definition) is 7. The first-order valence-electron chi connectivity index (χ1n) is 7.32. The van der Waals surface area contributed by atoms with Crippen molar-refractivity contribution in [1.82, 2.24) is 10.1 Å². The van der Waals surface area contributed by atoms with Gasteiger partial charge in [0.2, 0.25) is 5.89 Å². The Morgan fingerprint density at radius 2 is 1.79 bits per heavy atom. The molecule has 1 aliphatic heterocycles. The Bertz CT molecular complexity index is 870. The molecule has 0 unspecified atom stereocenters. The Labute approximate surface area is 144 Å². The van der Waals surface area contributed by atoms with Crippen LogP contribution in [-0.4, -0.2) is 31.8 Å². The third-order valence-corrected chi connectivity index (χ3v) is 5.44. The molecule has 2 heterocycles. The predicted molar refractivity (Wildman–Crippen MR) is 86.3 cm³/mol. The van der Waals surface area contributed by atoms with E-state index in [0.29, 0.717) is 30.5 Å². The number of fused-ring (bicyclic) bond motifs is 1. The molecule has 0 radical (unpaired) electrons. The molecule has 0 saturated heterocycles. The first kappa shape index (κ1) is 17.0. The Balaban J connectivity index is 1.92. The Kier molecular flexibility index (Phi) is 4.21. The highest BCUT2D eigenvalue weighted by atomic mass is 35.5. The van der Waals surface area contributed by atoms with Gasteiger partial charge in [0, 0.05) is 17.5 Å². The molecule has 0 bridgehead atoms. The fourth-order valence-corrected chi connectivity index (χ4v) is 3.89. The van der Waals surface area contributed by atoms with E-state index in [-0.39, 0.29) is 21.2 Å². The zero-order valence-corrected chi connectivity index (χ0v) is 15.1. The van der Waals surface area contributed by atoms with Crippen LogP contribution in [0.2, 0.25) is 5.02 Å². The molecule has 0 N–H and O–H groups in total. The molecule has 0 aliphatic carbocycles. The maximum absolute atomic E-state index is 12.7. The summed E-state index contributed by atoms with van der Waals surface area (Å²) in [6.07, 6.45) is 0. The lowest BCUT2D eigenvalue weighted by Gasteiger charge is -2.19. The first-order valence-corrected chi connectivity index (χ1v) is 9.35. The smallest absolute Gasteiger partial charge is 0.242 e. The second-order valence-electron chi connectivity index (χ2n) is 6.45. The average molecular weight is 373 g/mol. The highest BCUT2D eigenvalue weighted by Gasteiger charge is 2.27. The minimum atomic E-state index is -3.77. The van der Waals surface area contributed by atoms with Crippen molar-refractivity contribution in [3.63, 3.8) is 0 Å². The second kappa shape index (κ2) is 5.93. The molecule has 1 aliphatic rings. The van der Waals surface area contributed by atoms with Crippen LogP contribution in [0.25, 0.3) is 0 Å². The molecule has 0 atom stereocenters. The van der Waals surface area contributed by atoms with Gasteiger partial charge >= 0.3 is 0 Å². The van der Waals surface area contributed by atoms with Crippen LogP contribution in [0.15, 0.2) is 21.6 Å². The Morgan fingerprint density at radius 3 is 2.38 bits per heavy atom. The molecule has 24 heavy (non-hydrogen) atoms. The maximum Gasteiger partial charge on any atom is 0.242 e. The van der Waals surface area contributed by atoms with E-state index in [1.807, 2.05) is 20.8 Å². The van der Waals surface area contributed by atoms with E-state index in [1.54, 1.807) is 0 Å². The van der Waals surface area contributed by atoms with Crippen molar-refractivity contribution in [3.05, 3.63) is 28.9 Å². The van der Waals surface area contributed by atoms with Gasteiger partial charge in [-0.3, -0.25) is 0 Å². The van der Waals surface area contributed by atoms with Gasteiger partial charge in [0.25, 0.3) is 0 Å². The molecular weight excluding hydrogens is 356 g/mol. The number of ether oxygens (including phenoxy) is 2. The fraction of sp³-hybridized carbons (Fsp3) is 0.467. The van der Waals surface area contributed by atoms with Crippen LogP contribution in [0, 0.1) is 0 Å². The standard InChI is InChI=1S/C15H17ClN2O5S/c1-15(2,3)14-17-13(23-18-14)8-24(19,20)12-7-11-10(6-9(12)16)21-4-5-22-11/h6-7H,4-5,8H2,1-3H3. The normalized spacial score (nSPS) is 14.7. The third kappa shape index (κ3) is 3.34. The van der Waals surface area contributed by atoms with Crippen LogP contribution in [0.1, 0.15) is 32.5 Å². The summed E-state index contributed by atoms with van der Waals surface area (Å²) in [6.45, 7) is 6.48. The summed E-state index contributed by atoms with van der Waals surface area (Å²) in [5, 5.41) is 3.89. The van der Waals surface area contributed by atoms with E-state index in [0.717, 1.165) is 0 Å². The number of rotatable bonds is 3. The van der Waals surface area contributed by atoms with E-state index in [2.05, 4.69) is 10.1 Å². The van der Waals surface area contributed by atoms with Crippen LogP contribution in [0.5, 0.6) is 11.5 Å². The maximum atomic E-state index is 12.7. The Hall–Kier alpha value is -1.80. The van der Waals surface area contributed by atoms with E-state index < -0.39 is 15.6 Å². The summed E-state index contributed by atoms with van der Waals surface area (Å²) in [5.74, 6) is 0.810.